The Morgan fingerprint density at radius 2 is 1.82 bits per heavy atom. The summed E-state index contributed by atoms with van der Waals surface area (Å²) >= 11 is 1.45. The van der Waals surface area contributed by atoms with E-state index in [1.807, 2.05) is 30.3 Å². The van der Waals surface area contributed by atoms with E-state index in [0.29, 0.717) is 28.4 Å². The largest absolute Gasteiger partial charge is 0.379 e. The van der Waals surface area contributed by atoms with Crippen molar-refractivity contribution >= 4 is 32.7 Å². The molecule has 4 rings (SSSR count). The molecule has 8 nitrogen and oxygen atoms in total. The lowest BCUT2D eigenvalue weighted by molar-refractivity contribution is 0.0368. The van der Waals surface area contributed by atoms with Crippen LogP contribution in [0.25, 0.3) is 10.9 Å². The second kappa shape index (κ2) is 11.0. The van der Waals surface area contributed by atoms with E-state index in [0.717, 1.165) is 44.8 Å². The summed E-state index contributed by atoms with van der Waals surface area (Å²) in [6.45, 7) is 4.81. The monoisotopic (exact) mass is 502 g/mol. The third-order valence-corrected chi connectivity index (χ3v) is 8.69. The van der Waals surface area contributed by atoms with E-state index in [1.165, 1.54) is 30.2 Å². The van der Waals surface area contributed by atoms with Crippen molar-refractivity contribution in [2.45, 2.75) is 28.8 Å². The van der Waals surface area contributed by atoms with E-state index in [-0.39, 0.29) is 10.5 Å². The highest BCUT2D eigenvalue weighted by atomic mass is 32.2. The second-order valence-corrected chi connectivity index (χ2v) is 11.5. The molecule has 1 aliphatic heterocycles. The lowest BCUT2D eigenvalue weighted by atomic mass is 10.2. The van der Waals surface area contributed by atoms with Crippen molar-refractivity contribution in [1.82, 2.24) is 18.8 Å². The van der Waals surface area contributed by atoms with Crippen molar-refractivity contribution in [3.63, 3.8) is 0 Å². The Hall–Kier alpha value is -2.24. The van der Waals surface area contributed by atoms with Crippen molar-refractivity contribution in [2.24, 2.45) is 0 Å². The van der Waals surface area contributed by atoms with Gasteiger partial charge in [-0.1, -0.05) is 36.0 Å². The SMILES string of the molecule is CN(C)S(=O)(=O)c1cccc(CSc2nc3ccccc3c(=O)n2CCCN2CCOCC2)c1. The quantitative estimate of drug-likeness (QED) is 0.329. The summed E-state index contributed by atoms with van der Waals surface area (Å²) < 4.78 is 33.4. The average molecular weight is 503 g/mol. The highest BCUT2D eigenvalue weighted by Gasteiger charge is 2.18. The molecule has 1 fully saturated rings. The molecule has 2 aromatic carbocycles. The molecule has 0 atom stereocenters. The van der Waals surface area contributed by atoms with Crippen LogP contribution in [0.2, 0.25) is 0 Å². The molecule has 0 unspecified atom stereocenters. The second-order valence-electron chi connectivity index (χ2n) is 8.40. The molecule has 2 heterocycles. The van der Waals surface area contributed by atoms with Crippen LogP contribution in [-0.4, -0.2) is 74.1 Å². The third-order valence-electron chi connectivity index (χ3n) is 5.83. The van der Waals surface area contributed by atoms with Crippen molar-refractivity contribution in [3.8, 4) is 0 Å². The Labute approximate surface area is 204 Å². The summed E-state index contributed by atoms with van der Waals surface area (Å²) in [5.74, 6) is 0.505. The van der Waals surface area contributed by atoms with E-state index in [2.05, 4.69) is 4.90 Å². The fraction of sp³-hybridized carbons (Fsp3) is 0.417. The number of para-hydroxylation sites is 1. The highest BCUT2D eigenvalue weighted by molar-refractivity contribution is 7.98. The number of ether oxygens (including phenoxy) is 1. The normalized spacial score (nSPS) is 15.3. The van der Waals surface area contributed by atoms with E-state index in [4.69, 9.17) is 9.72 Å². The summed E-state index contributed by atoms with van der Waals surface area (Å²) in [6, 6.07) is 14.3. The van der Waals surface area contributed by atoms with Gasteiger partial charge in [0.2, 0.25) is 10.0 Å². The number of sulfonamides is 1. The molecule has 3 aromatic rings. The van der Waals surface area contributed by atoms with E-state index in [1.54, 1.807) is 22.8 Å². The number of nitrogens with zero attached hydrogens (tertiary/aromatic N) is 4. The van der Waals surface area contributed by atoms with Gasteiger partial charge >= 0.3 is 0 Å². The number of fused-ring (bicyclic) bond motifs is 1. The van der Waals surface area contributed by atoms with Crippen molar-refractivity contribution in [3.05, 3.63) is 64.4 Å². The Kier molecular flexibility index (Phi) is 8.05. The molecule has 34 heavy (non-hydrogen) atoms. The van der Waals surface area contributed by atoms with E-state index < -0.39 is 10.0 Å². The van der Waals surface area contributed by atoms with Gasteiger partial charge < -0.3 is 4.74 Å². The number of morpholine rings is 1. The first-order valence-electron chi connectivity index (χ1n) is 11.3. The van der Waals surface area contributed by atoms with Crippen LogP contribution in [0.1, 0.15) is 12.0 Å². The summed E-state index contributed by atoms with van der Waals surface area (Å²) in [4.78, 5) is 20.7. The summed E-state index contributed by atoms with van der Waals surface area (Å²) in [7, 11) is -0.471. The van der Waals surface area contributed by atoms with Gasteiger partial charge in [-0.25, -0.2) is 17.7 Å². The van der Waals surface area contributed by atoms with Gasteiger partial charge in [0, 0.05) is 46.0 Å². The van der Waals surface area contributed by atoms with Gasteiger partial charge in [0.1, 0.15) is 0 Å². The number of thioether (sulfide) groups is 1. The van der Waals surface area contributed by atoms with Gasteiger partial charge in [-0.15, -0.1) is 0 Å². The molecule has 0 saturated carbocycles. The van der Waals surface area contributed by atoms with Gasteiger partial charge in [-0.2, -0.15) is 0 Å². The Morgan fingerprint density at radius 3 is 2.59 bits per heavy atom. The van der Waals surface area contributed by atoms with Gasteiger partial charge in [-0.3, -0.25) is 14.3 Å². The molecular formula is C24H30N4O4S2. The minimum absolute atomic E-state index is 0.0426. The molecule has 1 aliphatic rings. The first kappa shape index (κ1) is 24.9. The van der Waals surface area contributed by atoms with Crippen molar-refractivity contribution in [2.75, 3.05) is 46.9 Å². The smallest absolute Gasteiger partial charge is 0.262 e. The maximum atomic E-state index is 13.3. The predicted molar refractivity (Wildman–Crippen MR) is 135 cm³/mol. The highest BCUT2D eigenvalue weighted by Crippen LogP contribution is 2.24. The fourth-order valence-electron chi connectivity index (χ4n) is 3.89. The van der Waals surface area contributed by atoms with Gasteiger partial charge in [-0.05, 0) is 36.2 Å². The van der Waals surface area contributed by atoms with Crippen LogP contribution in [0, 0.1) is 0 Å². The van der Waals surface area contributed by atoms with Gasteiger partial charge in [0.25, 0.3) is 5.56 Å². The van der Waals surface area contributed by atoms with Crippen LogP contribution in [0.5, 0.6) is 0 Å². The van der Waals surface area contributed by atoms with E-state index >= 15 is 0 Å². The zero-order valence-corrected chi connectivity index (χ0v) is 21.1. The summed E-state index contributed by atoms with van der Waals surface area (Å²) in [5.41, 5.74) is 1.48. The molecule has 0 N–H and O–H groups in total. The zero-order chi connectivity index (χ0) is 24.1. The lowest BCUT2D eigenvalue weighted by Gasteiger charge is -2.26. The number of benzene rings is 2. The first-order valence-corrected chi connectivity index (χ1v) is 13.7. The maximum Gasteiger partial charge on any atom is 0.262 e. The molecule has 10 heteroatoms. The molecule has 0 radical (unpaired) electrons. The Balaban J connectivity index is 1.56. The number of hydrogen-bond acceptors (Lipinski definition) is 7. The van der Waals surface area contributed by atoms with E-state index in [9.17, 15) is 13.2 Å². The van der Waals surface area contributed by atoms with Gasteiger partial charge in [0.05, 0.1) is 29.0 Å². The molecule has 0 spiro atoms. The fourth-order valence-corrected chi connectivity index (χ4v) is 5.83. The van der Waals surface area contributed by atoms with Crippen LogP contribution >= 0.6 is 11.8 Å². The lowest BCUT2D eigenvalue weighted by Crippen LogP contribution is -2.37. The van der Waals surface area contributed by atoms with Gasteiger partial charge in [0.15, 0.2) is 5.16 Å². The molecule has 0 bridgehead atoms. The number of rotatable bonds is 9. The van der Waals surface area contributed by atoms with Crippen LogP contribution in [0.3, 0.4) is 0 Å². The van der Waals surface area contributed by atoms with Crippen LogP contribution in [0.4, 0.5) is 0 Å². The molecule has 0 amide bonds. The molecular weight excluding hydrogens is 472 g/mol. The number of aromatic nitrogens is 2. The Morgan fingerprint density at radius 1 is 1.06 bits per heavy atom. The maximum absolute atomic E-state index is 13.3. The first-order chi connectivity index (χ1) is 16.4. The molecule has 0 aliphatic carbocycles. The third kappa shape index (κ3) is 5.69. The van der Waals surface area contributed by atoms with Crippen molar-refractivity contribution in [1.29, 1.82) is 0 Å². The minimum Gasteiger partial charge on any atom is -0.379 e. The number of hydrogen-bond donors (Lipinski definition) is 0. The van der Waals surface area contributed by atoms with Crippen LogP contribution in [0.15, 0.2) is 63.4 Å². The predicted octanol–water partition coefficient (Wildman–Crippen LogP) is 2.66. The molecule has 182 valence electrons. The topological polar surface area (TPSA) is 84.7 Å². The standard InChI is InChI=1S/C24H30N4O4S2/c1-26(2)34(30,31)20-8-5-7-19(17-20)18-33-24-25-22-10-4-3-9-21(22)23(29)28(24)12-6-11-27-13-15-32-16-14-27/h3-5,7-10,17H,6,11-16,18H2,1-2H3. The molecule has 1 saturated heterocycles. The van der Waals surface area contributed by atoms with Crippen LogP contribution in [-0.2, 0) is 27.1 Å². The van der Waals surface area contributed by atoms with Crippen LogP contribution < -0.4 is 5.56 Å². The zero-order valence-electron chi connectivity index (χ0n) is 19.5. The summed E-state index contributed by atoms with van der Waals surface area (Å²) in [5, 5.41) is 1.25. The average Bonchev–Trinajstić information content (AvgIpc) is 2.85. The Bertz CT molecular complexity index is 1300. The summed E-state index contributed by atoms with van der Waals surface area (Å²) in [6.07, 6.45) is 0.837. The minimum atomic E-state index is -3.51. The molecule has 1 aromatic heterocycles. The van der Waals surface area contributed by atoms with Crippen molar-refractivity contribution < 1.29 is 13.2 Å².